The number of halogens is 1. The molecule has 0 aliphatic rings. The summed E-state index contributed by atoms with van der Waals surface area (Å²) in [4.78, 5) is 12.7. The van der Waals surface area contributed by atoms with Gasteiger partial charge in [0.05, 0.1) is 32.1 Å². The lowest BCUT2D eigenvalue weighted by Crippen LogP contribution is -2.14. The second-order valence-electron chi connectivity index (χ2n) is 5.36. The minimum atomic E-state index is -0.322. The maximum atomic E-state index is 12.7. The summed E-state index contributed by atoms with van der Waals surface area (Å²) in [5.41, 5.74) is 0.911. The van der Waals surface area contributed by atoms with E-state index in [0.717, 1.165) is 12.8 Å². The zero-order chi connectivity index (χ0) is 18.2. The van der Waals surface area contributed by atoms with Crippen molar-refractivity contribution in [3.8, 4) is 17.2 Å². The smallest absolute Gasteiger partial charge is 0.259 e. The Morgan fingerprint density at radius 1 is 1.08 bits per heavy atom. The third kappa shape index (κ3) is 5.03. The fraction of sp³-hybridized carbons (Fsp3) is 0.316. The predicted octanol–water partition coefficient (Wildman–Crippen LogP) is 4.79. The quantitative estimate of drug-likeness (QED) is 0.685. The molecule has 0 atom stereocenters. The summed E-state index contributed by atoms with van der Waals surface area (Å²) < 4.78 is 16.2. The van der Waals surface area contributed by atoms with Gasteiger partial charge in [0, 0.05) is 11.1 Å². The van der Waals surface area contributed by atoms with Crippen molar-refractivity contribution in [1.29, 1.82) is 0 Å². The van der Waals surface area contributed by atoms with Gasteiger partial charge in [-0.15, -0.1) is 0 Å². The van der Waals surface area contributed by atoms with Crippen LogP contribution in [0.15, 0.2) is 36.4 Å². The topological polar surface area (TPSA) is 56.8 Å². The van der Waals surface area contributed by atoms with Gasteiger partial charge in [-0.1, -0.05) is 24.9 Å². The molecule has 2 aromatic carbocycles. The second kappa shape index (κ2) is 9.18. The molecule has 0 aliphatic carbocycles. The maximum absolute atomic E-state index is 12.7. The molecule has 0 fully saturated rings. The van der Waals surface area contributed by atoms with Crippen LogP contribution in [-0.2, 0) is 0 Å². The van der Waals surface area contributed by atoms with Crippen LogP contribution in [-0.4, -0.2) is 26.7 Å². The molecule has 25 heavy (non-hydrogen) atoms. The van der Waals surface area contributed by atoms with Gasteiger partial charge in [0.1, 0.15) is 17.2 Å². The van der Waals surface area contributed by atoms with Gasteiger partial charge in [-0.3, -0.25) is 4.79 Å². The van der Waals surface area contributed by atoms with Gasteiger partial charge in [-0.25, -0.2) is 0 Å². The lowest BCUT2D eigenvalue weighted by atomic mass is 10.1. The number of nitrogens with one attached hydrogen (secondary N) is 1. The molecule has 0 unspecified atom stereocenters. The Balaban J connectivity index is 2.24. The number of anilines is 1. The number of benzene rings is 2. The number of methoxy groups -OCH3 is 2. The summed E-state index contributed by atoms with van der Waals surface area (Å²) in [7, 11) is 3.10. The summed E-state index contributed by atoms with van der Waals surface area (Å²) in [6.07, 6.45) is 1.92. The fourth-order valence-corrected chi connectivity index (χ4v) is 2.40. The van der Waals surface area contributed by atoms with Crippen molar-refractivity contribution in [2.75, 3.05) is 26.1 Å². The first-order valence-corrected chi connectivity index (χ1v) is 8.42. The number of ether oxygens (including phenoxy) is 3. The van der Waals surface area contributed by atoms with Crippen molar-refractivity contribution in [3.63, 3.8) is 0 Å². The molecule has 1 amide bonds. The first-order valence-electron chi connectivity index (χ1n) is 8.04. The van der Waals surface area contributed by atoms with E-state index >= 15 is 0 Å². The van der Waals surface area contributed by atoms with E-state index in [0.29, 0.717) is 40.1 Å². The average molecular weight is 364 g/mol. The lowest BCUT2D eigenvalue weighted by molar-refractivity contribution is 0.102. The van der Waals surface area contributed by atoms with Crippen LogP contribution in [0.4, 0.5) is 5.69 Å². The van der Waals surface area contributed by atoms with Gasteiger partial charge in [-0.05, 0) is 36.8 Å². The largest absolute Gasteiger partial charge is 0.497 e. The predicted molar refractivity (Wildman–Crippen MR) is 99.4 cm³/mol. The SMILES string of the molecule is CCCCOc1ccc(Cl)cc1C(=O)Nc1ccc(OC)cc1OC. The maximum Gasteiger partial charge on any atom is 0.259 e. The van der Waals surface area contributed by atoms with Gasteiger partial charge in [0.25, 0.3) is 5.91 Å². The molecule has 5 nitrogen and oxygen atoms in total. The van der Waals surface area contributed by atoms with Gasteiger partial charge in [0.2, 0.25) is 0 Å². The minimum absolute atomic E-state index is 0.322. The first-order chi connectivity index (χ1) is 12.1. The number of hydrogen-bond acceptors (Lipinski definition) is 4. The average Bonchev–Trinajstić information content (AvgIpc) is 2.63. The van der Waals surface area contributed by atoms with Crippen LogP contribution in [0.25, 0.3) is 0 Å². The van der Waals surface area contributed by atoms with E-state index in [4.69, 9.17) is 25.8 Å². The van der Waals surface area contributed by atoms with Crippen LogP contribution in [0.2, 0.25) is 5.02 Å². The summed E-state index contributed by atoms with van der Waals surface area (Å²) in [5.74, 6) is 1.32. The molecule has 1 N–H and O–H groups in total. The molecule has 134 valence electrons. The van der Waals surface area contributed by atoms with Crippen LogP contribution in [0.5, 0.6) is 17.2 Å². The lowest BCUT2D eigenvalue weighted by Gasteiger charge is -2.14. The highest BCUT2D eigenvalue weighted by Crippen LogP contribution is 2.31. The number of rotatable bonds is 8. The Morgan fingerprint density at radius 2 is 1.88 bits per heavy atom. The van der Waals surface area contributed by atoms with Crippen LogP contribution >= 0.6 is 11.6 Å². The van der Waals surface area contributed by atoms with E-state index < -0.39 is 0 Å². The summed E-state index contributed by atoms with van der Waals surface area (Å²) in [5, 5.41) is 3.30. The summed E-state index contributed by atoms with van der Waals surface area (Å²) >= 11 is 6.05. The number of amides is 1. The van der Waals surface area contributed by atoms with Gasteiger partial charge < -0.3 is 19.5 Å². The van der Waals surface area contributed by atoms with E-state index in [-0.39, 0.29) is 5.91 Å². The number of hydrogen-bond donors (Lipinski definition) is 1. The molecule has 6 heteroatoms. The van der Waals surface area contributed by atoms with Crippen LogP contribution in [0, 0.1) is 0 Å². The zero-order valence-corrected chi connectivity index (χ0v) is 15.4. The van der Waals surface area contributed by atoms with E-state index in [1.165, 1.54) is 7.11 Å². The van der Waals surface area contributed by atoms with Crippen molar-refractivity contribution in [1.82, 2.24) is 0 Å². The van der Waals surface area contributed by atoms with Crippen molar-refractivity contribution < 1.29 is 19.0 Å². The molecule has 0 heterocycles. The van der Waals surface area contributed by atoms with Crippen molar-refractivity contribution >= 4 is 23.2 Å². The molecule has 2 rings (SSSR count). The standard InChI is InChI=1S/C19H22ClNO4/c1-4-5-10-25-17-9-6-13(20)11-15(17)19(22)21-16-8-7-14(23-2)12-18(16)24-3/h6-9,11-12H,4-5,10H2,1-3H3,(H,21,22). The van der Waals surface area contributed by atoms with Crippen LogP contribution in [0.3, 0.4) is 0 Å². The second-order valence-corrected chi connectivity index (χ2v) is 5.80. The van der Waals surface area contributed by atoms with E-state index in [9.17, 15) is 4.79 Å². The van der Waals surface area contributed by atoms with E-state index in [1.54, 1.807) is 43.5 Å². The Hall–Kier alpha value is -2.40. The summed E-state index contributed by atoms with van der Waals surface area (Å²) in [6.45, 7) is 2.62. The number of carbonyl (C=O) groups is 1. The fourth-order valence-electron chi connectivity index (χ4n) is 2.22. The monoisotopic (exact) mass is 363 g/mol. The number of unbranched alkanes of at least 4 members (excludes halogenated alkanes) is 1. The highest BCUT2D eigenvalue weighted by atomic mass is 35.5. The third-order valence-electron chi connectivity index (χ3n) is 3.60. The minimum Gasteiger partial charge on any atom is -0.497 e. The van der Waals surface area contributed by atoms with Crippen LogP contribution < -0.4 is 19.5 Å². The molecule has 2 aromatic rings. The number of carbonyl (C=O) groups excluding carboxylic acids is 1. The Morgan fingerprint density at radius 3 is 2.56 bits per heavy atom. The molecule has 0 aromatic heterocycles. The van der Waals surface area contributed by atoms with Gasteiger partial charge in [-0.2, -0.15) is 0 Å². The summed E-state index contributed by atoms with van der Waals surface area (Å²) in [6, 6.07) is 10.2. The Labute approximate surface area is 152 Å². The molecular weight excluding hydrogens is 342 g/mol. The van der Waals surface area contributed by atoms with Gasteiger partial charge >= 0.3 is 0 Å². The van der Waals surface area contributed by atoms with E-state index in [2.05, 4.69) is 12.2 Å². The van der Waals surface area contributed by atoms with Crippen molar-refractivity contribution in [2.45, 2.75) is 19.8 Å². The molecule has 0 saturated carbocycles. The highest BCUT2D eigenvalue weighted by Gasteiger charge is 2.16. The molecule has 0 aliphatic heterocycles. The first kappa shape index (κ1) is 18.9. The molecule has 0 radical (unpaired) electrons. The van der Waals surface area contributed by atoms with Crippen molar-refractivity contribution in [2.24, 2.45) is 0 Å². The van der Waals surface area contributed by atoms with Crippen molar-refractivity contribution in [3.05, 3.63) is 47.0 Å². The zero-order valence-electron chi connectivity index (χ0n) is 14.6. The molecule has 0 spiro atoms. The van der Waals surface area contributed by atoms with Crippen LogP contribution in [0.1, 0.15) is 30.1 Å². The highest BCUT2D eigenvalue weighted by molar-refractivity contribution is 6.31. The Kier molecular flexibility index (Phi) is 6.95. The molecule has 0 bridgehead atoms. The Bertz CT molecular complexity index is 733. The third-order valence-corrected chi connectivity index (χ3v) is 3.83. The molecular formula is C19H22ClNO4. The van der Waals surface area contributed by atoms with E-state index in [1.807, 2.05) is 0 Å². The van der Waals surface area contributed by atoms with Gasteiger partial charge in [0.15, 0.2) is 0 Å². The molecule has 0 saturated heterocycles. The normalized spacial score (nSPS) is 10.2.